The Morgan fingerprint density at radius 1 is 1.25 bits per heavy atom. The van der Waals surface area contributed by atoms with E-state index in [4.69, 9.17) is 14.2 Å². The summed E-state index contributed by atoms with van der Waals surface area (Å²) in [5.41, 5.74) is 1.11. The van der Waals surface area contributed by atoms with E-state index in [2.05, 4.69) is 32.2 Å². The quantitative estimate of drug-likeness (QED) is 0.622. The molecule has 140 valence electrons. The first kappa shape index (κ1) is 23.8. The van der Waals surface area contributed by atoms with Gasteiger partial charge >= 0.3 is 0 Å². The molecule has 5 nitrogen and oxygen atoms in total. The standard InChI is InChI=1S/C16H25BrN2O3.2ClH/c1-3-22-16-13(10-14(17)11-15(16)20-2)12-18-4-5-19-6-8-21-9-7-19;;/h10-11,18H,3-9,12H2,1-2H3;2*1H. The van der Waals surface area contributed by atoms with Gasteiger partial charge in [-0.3, -0.25) is 4.90 Å². The third-order valence-electron chi connectivity index (χ3n) is 3.63. The lowest BCUT2D eigenvalue weighted by Gasteiger charge is -2.26. The highest BCUT2D eigenvalue weighted by Gasteiger charge is 2.13. The number of benzene rings is 1. The molecule has 0 amide bonds. The fraction of sp³-hybridized carbons (Fsp3) is 0.625. The molecule has 1 aliphatic heterocycles. The molecule has 0 bridgehead atoms. The van der Waals surface area contributed by atoms with Gasteiger partial charge in [-0.1, -0.05) is 15.9 Å². The smallest absolute Gasteiger partial charge is 0.165 e. The fourth-order valence-electron chi connectivity index (χ4n) is 2.50. The number of nitrogens with zero attached hydrogens (tertiary/aromatic N) is 1. The van der Waals surface area contributed by atoms with Crippen LogP contribution in [0.2, 0.25) is 0 Å². The van der Waals surface area contributed by atoms with E-state index in [1.807, 2.05) is 13.0 Å². The highest BCUT2D eigenvalue weighted by atomic mass is 79.9. The van der Waals surface area contributed by atoms with Gasteiger partial charge in [-0.15, -0.1) is 24.8 Å². The molecule has 8 heteroatoms. The van der Waals surface area contributed by atoms with E-state index < -0.39 is 0 Å². The number of nitrogens with one attached hydrogen (secondary N) is 1. The Kier molecular flexibility index (Phi) is 12.9. The minimum Gasteiger partial charge on any atom is -0.493 e. The van der Waals surface area contributed by atoms with Crippen molar-refractivity contribution in [3.05, 3.63) is 22.2 Å². The maximum Gasteiger partial charge on any atom is 0.165 e. The van der Waals surface area contributed by atoms with Crippen molar-refractivity contribution in [1.29, 1.82) is 0 Å². The zero-order valence-electron chi connectivity index (χ0n) is 14.2. The summed E-state index contributed by atoms with van der Waals surface area (Å²) < 4.78 is 17.5. The molecule has 0 aliphatic carbocycles. The lowest BCUT2D eigenvalue weighted by molar-refractivity contribution is 0.0384. The molecule has 0 unspecified atom stereocenters. The number of hydrogen-bond acceptors (Lipinski definition) is 5. The molecule has 0 spiro atoms. The van der Waals surface area contributed by atoms with Crippen LogP contribution in [0.25, 0.3) is 0 Å². The summed E-state index contributed by atoms with van der Waals surface area (Å²) in [7, 11) is 1.67. The first-order valence-corrected chi connectivity index (χ1v) is 8.54. The number of hydrogen-bond donors (Lipinski definition) is 1. The van der Waals surface area contributed by atoms with Crippen LogP contribution in [-0.4, -0.2) is 58.0 Å². The van der Waals surface area contributed by atoms with E-state index in [9.17, 15) is 0 Å². The lowest BCUT2D eigenvalue weighted by Crippen LogP contribution is -2.40. The Bertz CT molecular complexity index is 475. The monoisotopic (exact) mass is 444 g/mol. The van der Waals surface area contributed by atoms with Crippen molar-refractivity contribution >= 4 is 40.7 Å². The fourth-order valence-corrected chi connectivity index (χ4v) is 2.98. The minimum absolute atomic E-state index is 0. The van der Waals surface area contributed by atoms with E-state index in [1.165, 1.54) is 0 Å². The Morgan fingerprint density at radius 2 is 1.96 bits per heavy atom. The molecule has 24 heavy (non-hydrogen) atoms. The maximum atomic E-state index is 5.75. The highest BCUT2D eigenvalue weighted by Crippen LogP contribution is 2.34. The van der Waals surface area contributed by atoms with Crippen molar-refractivity contribution in [1.82, 2.24) is 10.2 Å². The lowest BCUT2D eigenvalue weighted by atomic mass is 10.2. The maximum absolute atomic E-state index is 5.75. The molecule has 1 aromatic rings. The zero-order chi connectivity index (χ0) is 15.8. The topological polar surface area (TPSA) is 43.0 Å². The molecule has 0 saturated carbocycles. The second-order valence-electron chi connectivity index (χ2n) is 5.16. The molecule has 0 aromatic heterocycles. The van der Waals surface area contributed by atoms with Crippen molar-refractivity contribution in [2.24, 2.45) is 0 Å². The minimum atomic E-state index is 0. The molecule has 0 atom stereocenters. The molecule has 2 rings (SSSR count). The third-order valence-corrected chi connectivity index (χ3v) is 4.09. The van der Waals surface area contributed by atoms with Crippen molar-refractivity contribution in [2.45, 2.75) is 13.5 Å². The van der Waals surface area contributed by atoms with E-state index in [0.29, 0.717) is 6.61 Å². The summed E-state index contributed by atoms with van der Waals surface area (Å²) >= 11 is 3.53. The number of ether oxygens (including phenoxy) is 3. The van der Waals surface area contributed by atoms with Gasteiger partial charge in [0.25, 0.3) is 0 Å². The van der Waals surface area contributed by atoms with Crippen LogP contribution in [0.4, 0.5) is 0 Å². The summed E-state index contributed by atoms with van der Waals surface area (Å²) in [5, 5.41) is 3.49. The second-order valence-corrected chi connectivity index (χ2v) is 6.08. The average molecular weight is 446 g/mol. The van der Waals surface area contributed by atoms with Crippen molar-refractivity contribution in [2.75, 3.05) is 53.1 Å². The van der Waals surface area contributed by atoms with Gasteiger partial charge < -0.3 is 19.5 Å². The normalized spacial score (nSPS) is 14.5. The number of methoxy groups -OCH3 is 1. The summed E-state index contributed by atoms with van der Waals surface area (Å²) in [5.74, 6) is 1.59. The molecule has 1 aliphatic rings. The summed E-state index contributed by atoms with van der Waals surface area (Å²) in [4.78, 5) is 2.42. The van der Waals surface area contributed by atoms with Crippen LogP contribution in [0.5, 0.6) is 11.5 Å². The summed E-state index contributed by atoms with van der Waals surface area (Å²) in [6.07, 6.45) is 0. The highest BCUT2D eigenvalue weighted by molar-refractivity contribution is 9.10. The van der Waals surface area contributed by atoms with Gasteiger partial charge in [0.2, 0.25) is 0 Å². The number of rotatable bonds is 8. The van der Waals surface area contributed by atoms with Gasteiger partial charge in [0.05, 0.1) is 26.9 Å². The molecule has 0 radical (unpaired) electrons. The van der Waals surface area contributed by atoms with Crippen LogP contribution in [0.1, 0.15) is 12.5 Å². The molecule has 1 saturated heterocycles. The van der Waals surface area contributed by atoms with Crippen LogP contribution in [0.3, 0.4) is 0 Å². The van der Waals surface area contributed by atoms with Gasteiger partial charge in [-0.25, -0.2) is 0 Å². The summed E-state index contributed by atoms with van der Waals surface area (Å²) in [6.45, 7) is 9.09. The second kappa shape index (κ2) is 13.0. The van der Waals surface area contributed by atoms with Gasteiger partial charge in [0, 0.05) is 42.8 Å². The van der Waals surface area contributed by atoms with Crippen molar-refractivity contribution in [3.63, 3.8) is 0 Å². The van der Waals surface area contributed by atoms with Crippen LogP contribution < -0.4 is 14.8 Å². The predicted molar refractivity (Wildman–Crippen MR) is 105 cm³/mol. The SMILES string of the molecule is CCOc1c(CNCCN2CCOCC2)cc(Br)cc1OC.Cl.Cl. The van der Waals surface area contributed by atoms with Crippen LogP contribution in [0, 0.1) is 0 Å². The van der Waals surface area contributed by atoms with Crippen molar-refractivity contribution < 1.29 is 14.2 Å². The Morgan fingerprint density at radius 3 is 2.58 bits per heavy atom. The van der Waals surface area contributed by atoms with E-state index in [-0.39, 0.29) is 24.8 Å². The van der Waals surface area contributed by atoms with Crippen molar-refractivity contribution in [3.8, 4) is 11.5 Å². The first-order valence-electron chi connectivity index (χ1n) is 7.74. The Balaban J connectivity index is 0.00000264. The molecule has 1 aromatic carbocycles. The molecule has 1 fully saturated rings. The third kappa shape index (κ3) is 7.33. The van der Waals surface area contributed by atoms with E-state index in [1.54, 1.807) is 7.11 Å². The molecule has 1 heterocycles. The van der Waals surface area contributed by atoms with Crippen LogP contribution >= 0.6 is 40.7 Å². The van der Waals surface area contributed by atoms with Crippen LogP contribution in [0.15, 0.2) is 16.6 Å². The van der Waals surface area contributed by atoms with Gasteiger partial charge in [-0.05, 0) is 19.1 Å². The number of morpholine rings is 1. The average Bonchev–Trinajstić information content (AvgIpc) is 2.54. The van der Waals surface area contributed by atoms with Gasteiger partial charge in [0.15, 0.2) is 11.5 Å². The number of halogens is 3. The Hall–Kier alpha value is -0.240. The zero-order valence-corrected chi connectivity index (χ0v) is 17.4. The van der Waals surface area contributed by atoms with E-state index in [0.717, 1.165) is 67.5 Å². The Labute approximate surface area is 165 Å². The van der Waals surface area contributed by atoms with Gasteiger partial charge in [-0.2, -0.15) is 0 Å². The first-order chi connectivity index (χ1) is 10.7. The van der Waals surface area contributed by atoms with E-state index >= 15 is 0 Å². The predicted octanol–water partition coefficient (Wildman–Crippen LogP) is 3.12. The summed E-state index contributed by atoms with van der Waals surface area (Å²) in [6, 6.07) is 4.01. The largest absolute Gasteiger partial charge is 0.493 e. The van der Waals surface area contributed by atoms with Gasteiger partial charge in [0.1, 0.15) is 0 Å². The van der Waals surface area contributed by atoms with Crippen LogP contribution in [-0.2, 0) is 11.3 Å². The molecular formula is C16H27BrCl2N2O3. The molecular weight excluding hydrogens is 419 g/mol. The molecule has 1 N–H and O–H groups in total.